The molecule has 0 unspecified atom stereocenters. The highest BCUT2D eigenvalue weighted by atomic mass is 16.2. The number of hydrogen-bond donors (Lipinski definition) is 2. The van der Waals surface area contributed by atoms with Crippen molar-refractivity contribution in [3.8, 4) is 0 Å². The van der Waals surface area contributed by atoms with Crippen LogP contribution < -0.4 is 15.5 Å². The summed E-state index contributed by atoms with van der Waals surface area (Å²) in [5.74, 6) is 1.57. The second-order valence-electron chi connectivity index (χ2n) is 8.49. The zero-order valence-corrected chi connectivity index (χ0v) is 18.8. The van der Waals surface area contributed by atoms with Crippen molar-refractivity contribution < 1.29 is 4.79 Å². The van der Waals surface area contributed by atoms with E-state index in [9.17, 15) is 4.79 Å². The summed E-state index contributed by atoms with van der Waals surface area (Å²) < 4.78 is 0. The molecule has 166 valence electrons. The molecule has 1 aliphatic heterocycles. The van der Waals surface area contributed by atoms with E-state index in [0.717, 1.165) is 37.1 Å². The Kier molecular flexibility index (Phi) is 7.12. The molecule has 2 heterocycles. The van der Waals surface area contributed by atoms with Gasteiger partial charge in [0.05, 0.1) is 6.04 Å². The second kappa shape index (κ2) is 10.4. The van der Waals surface area contributed by atoms with E-state index in [0.29, 0.717) is 29.8 Å². The predicted octanol–water partition coefficient (Wildman–Crippen LogP) is 4.60. The fourth-order valence-electron chi connectivity index (χ4n) is 4.04. The predicted molar refractivity (Wildman–Crippen MR) is 129 cm³/mol. The van der Waals surface area contributed by atoms with Crippen LogP contribution in [0.5, 0.6) is 0 Å². The van der Waals surface area contributed by atoms with Crippen molar-refractivity contribution >= 4 is 17.7 Å². The number of carbonyl (C=O) groups excluding carboxylic acids is 1. The average molecular weight is 430 g/mol. The highest BCUT2D eigenvalue weighted by Crippen LogP contribution is 2.23. The third kappa shape index (κ3) is 5.51. The average Bonchev–Trinajstić information content (AvgIpc) is 2.84. The summed E-state index contributed by atoms with van der Waals surface area (Å²) in [7, 11) is 0. The second-order valence-corrected chi connectivity index (χ2v) is 8.49. The highest BCUT2D eigenvalue weighted by molar-refractivity contribution is 6.05. The Labute approximate surface area is 190 Å². The minimum atomic E-state index is -0.0238. The number of hydrogen-bond acceptors (Lipinski definition) is 5. The van der Waals surface area contributed by atoms with Crippen molar-refractivity contribution in [2.45, 2.75) is 32.7 Å². The lowest BCUT2D eigenvalue weighted by Gasteiger charge is -2.30. The molecular weight excluding hydrogens is 398 g/mol. The lowest BCUT2D eigenvalue weighted by molar-refractivity contribution is 0.0980. The molecule has 0 aliphatic carbocycles. The topological polar surface area (TPSA) is 70.2 Å². The largest absolute Gasteiger partial charge is 0.348 e. The lowest BCUT2D eigenvalue weighted by atomic mass is 9.97. The number of nitrogens with one attached hydrogen (secondary N) is 2. The molecule has 2 N–H and O–H groups in total. The van der Waals surface area contributed by atoms with Crippen LogP contribution in [0, 0.1) is 12.8 Å². The zero-order chi connectivity index (χ0) is 22.3. The summed E-state index contributed by atoms with van der Waals surface area (Å²) in [5.41, 5.74) is 2.97. The van der Waals surface area contributed by atoms with E-state index in [1.165, 1.54) is 0 Å². The molecule has 1 atom stereocenters. The van der Waals surface area contributed by atoms with Crippen LogP contribution in [0.15, 0.2) is 66.9 Å². The summed E-state index contributed by atoms with van der Waals surface area (Å²) in [6.07, 6.45) is 3.83. The summed E-state index contributed by atoms with van der Waals surface area (Å²) in [6.45, 7) is 6.73. The Balaban J connectivity index is 1.59. The van der Waals surface area contributed by atoms with Gasteiger partial charge in [-0.2, -0.15) is 4.98 Å². The van der Waals surface area contributed by atoms with Crippen molar-refractivity contribution in [2.24, 2.45) is 5.92 Å². The Bertz CT molecular complexity index is 1020. The van der Waals surface area contributed by atoms with Crippen LogP contribution in [-0.4, -0.2) is 35.5 Å². The number of nitrogens with zero attached hydrogens (tertiary/aromatic N) is 3. The van der Waals surface area contributed by atoms with Gasteiger partial charge in [0.25, 0.3) is 5.91 Å². The number of aryl methyl sites for hydroxylation is 1. The quantitative estimate of drug-likeness (QED) is 0.574. The number of benzene rings is 2. The van der Waals surface area contributed by atoms with E-state index in [2.05, 4.69) is 34.7 Å². The van der Waals surface area contributed by atoms with Gasteiger partial charge in [0.2, 0.25) is 5.95 Å². The van der Waals surface area contributed by atoms with Crippen LogP contribution in [0.4, 0.5) is 11.8 Å². The normalized spacial score (nSPS) is 15.2. The Morgan fingerprint density at radius 2 is 1.81 bits per heavy atom. The van der Waals surface area contributed by atoms with Gasteiger partial charge in [0, 0.05) is 18.3 Å². The molecule has 4 rings (SSSR count). The molecule has 2 aromatic carbocycles. The Morgan fingerprint density at radius 3 is 2.53 bits per heavy atom. The Hall–Kier alpha value is -3.25. The van der Waals surface area contributed by atoms with Crippen LogP contribution in [-0.2, 0) is 0 Å². The molecule has 1 aromatic heterocycles. The maximum atomic E-state index is 13.5. The first kappa shape index (κ1) is 22.0. The van der Waals surface area contributed by atoms with Gasteiger partial charge in [0.1, 0.15) is 5.82 Å². The van der Waals surface area contributed by atoms with E-state index >= 15 is 0 Å². The van der Waals surface area contributed by atoms with Crippen LogP contribution in [0.1, 0.15) is 47.3 Å². The number of carbonyl (C=O) groups is 1. The summed E-state index contributed by atoms with van der Waals surface area (Å²) >= 11 is 0. The van der Waals surface area contributed by atoms with Crippen molar-refractivity contribution in [1.29, 1.82) is 0 Å². The first-order valence-electron chi connectivity index (χ1n) is 11.3. The van der Waals surface area contributed by atoms with Crippen LogP contribution >= 0.6 is 0 Å². The highest BCUT2D eigenvalue weighted by Gasteiger charge is 2.24. The third-order valence-electron chi connectivity index (χ3n) is 6.01. The van der Waals surface area contributed by atoms with Crippen molar-refractivity contribution in [3.63, 3.8) is 0 Å². The minimum absolute atomic E-state index is 0.0238. The lowest BCUT2D eigenvalue weighted by Crippen LogP contribution is -2.40. The van der Waals surface area contributed by atoms with Gasteiger partial charge >= 0.3 is 0 Å². The number of aromatic nitrogens is 2. The van der Waals surface area contributed by atoms with E-state index in [4.69, 9.17) is 4.98 Å². The van der Waals surface area contributed by atoms with Crippen LogP contribution in [0.3, 0.4) is 0 Å². The fourth-order valence-corrected chi connectivity index (χ4v) is 4.04. The van der Waals surface area contributed by atoms with Crippen molar-refractivity contribution in [1.82, 2.24) is 15.3 Å². The van der Waals surface area contributed by atoms with Crippen LogP contribution in [0.25, 0.3) is 0 Å². The first-order valence-corrected chi connectivity index (χ1v) is 11.3. The number of amides is 1. The number of piperidine rings is 1. The molecule has 0 spiro atoms. The molecule has 1 aliphatic rings. The molecule has 0 saturated carbocycles. The minimum Gasteiger partial charge on any atom is -0.348 e. The number of anilines is 2. The van der Waals surface area contributed by atoms with Crippen molar-refractivity contribution in [3.05, 3.63) is 83.6 Å². The summed E-state index contributed by atoms with van der Waals surface area (Å²) in [4.78, 5) is 24.5. The fraction of sp³-hybridized carbons (Fsp3) is 0.346. The van der Waals surface area contributed by atoms with Gasteiger partial charge in [0.15, 0.2) is 0 Å². The molecule has 0 bridgehead atoms. The third-order valence-corrected chi connectivity index (χ3v) is 6.01. The SMILES string of the molecule is Cc1ccc(C(=O)N(CC2CCNCC2)c2ccnc(N[C@@H](C)c3ccccc3)n2)cc1. The van der Waals surface area contributed by atoms with Gasteiger partial charge < -0.3 is 10.6 Å². The number of rotatable bonds is 7. The molecule has 6 heteroatoms. The standard InChI is InChI=1S/C26H31N5O/c1-19-8-10-23(11-9-19)25(32)31(18-21-12-15-27-16-13-21)24-14-17-28-26(30-24)29-20(2)22-6-4-3-5-7-22/h3-11,14,17,20-21,27H,12-13,15-16,18H2,1-2H3,(H,28,29,30)/t20-/m0/s1. The molecule has 0 radical (unpaired) electrons. The maximum absolute atomic E-state index is 13.5. The zero-order valence-electron chi connectivity index (χ0n) is 18.8. The Morgan fingerprint density at radius 1 is 1.09 bits per heavy atom. The molecular formula is C26H31N5O. The van der Waals surface area contributed by atoms with E-state index in [1.54, 1.807) is 6.20 Å². The molecule has 1 amide bonds. The molecule has 3 aromatic rings. The smallest absolute Gasteiger partial charge is 0.259 e. The molecule has 6 nitrogen and oxygen atoms in total. The van der Waals surface area contributed by atoms with Crippen LogP contribution in [0.2, 0.25) is 0 Å². The molecule has 1 saturated heterocycles. The summed E-state index contributed by atoms with van der Waals surface area (Å²) in [6, 6.07) is 19.8. The van der Waals surface area contributed by atoms with Gasteiger partial charge in [-0.05, 0) is 69.5 Å². The van der Waals surface area contributed by atoms with Gasteiger partial charge in [-0.25, -0.2) is 4.98 Å². The van der Waals surface area contributed by atoms with Gasteiger partial charge in [-0.1, -0.05) is 48.0 Å². The summed E-state index contributed by atoms with van der Waals surface area (Å²) in [5, 5.41) is 6.78. The molecule has 32 heavy (non-hydrogen) atoms. The maximum Gasteiger partial charge on any atom is 0.259 e. The van der Waals surface area contributed by atoms with E-state index in [-0.39, 0.29) is 11.9 Å². The van der Waals surface area contributed by atoms with Gasteiger partial charge in [-0.15, -0.1) is 0 Å². The monoisotopic (exact) mass is 429 g/mol. The first-order chi connectivity index (χ1) is 15.6. The van der Waals surface area contributed by atoms with E-state index in [1.807, 2.05) is 60.4 Å². The van der Waals surface area contributed by atoms with Gasteiger partial charge in [-0.3, -0.25) is 9.69 Å². The van der Waals surface area contributed by atoms with Crippen molar-refractivity contribution in [2.75, 3.05) is 29.9 Å². The van der Waals surface area contributed by atoms with E-state index < -0.39 is 0 Å². The molecule has 1 fully saturated rings.